The maximum atomic E-state index is 5.66. The summed E-state index contributed by atoms with van der Waals surface area (Å²) >= 11 is 0. The molecule has 13 heavy (non-hydrogen) atoms. The highest BCUT2D eigenvalue weighted by molar-refractivity contribution is 5.02. The first-order chi connectivity index (χ1) is 6.15. The molecule has 0 N–H and O–H groups in total. The highest BCUT2D eigenvalue weighted by atomic mass is 16.8. The highest BCUT2D eigenvalue weighted by Crippen LogP contribution is 2.32. The van der Waals surface area contributed by atoms with Gasteiger partial charge in [-0.15, -0.1) is 19.7 Å². The first kappa shape index (κ1) is 10.2. The van der Waals surface area contributed by atoms with Crippen LogP contribution >= 0.6 is 0 Å². The minimum Gasteiger partial charge on any atom is -0.340 e. The first-order valence-corrected chi connectivity index (χ1v) is 4.37. The number of hydrogen-bond donors (Lipinski definition) is 0. The lowest BCUT2D eigenvalue weighted by atomic mass is 10.2. The van der Waals surface area contributed by atoms with Crippen LogP contribution in [0.5, 0.6) is 0 Å². The smallest absolute Gasteiger partial charge is 0.170 e. The molecule has 1 fully saturated rings. The van der Waals surface area contributed by atoms with Gasteiger partial charge in [0.25, 0.3) is 0 Å². The van der Waals surface area contributed by atoms with Gasteiger partial charge in [-0.3, -0.25) is 0 Å². The van der Waals surface area contributed by atoms with E-state index in [4.69, 9.17) is 9.47 Å². The van der Waals surface area contributed by atoms with Crippen LogP contribution in [0.15, 0.2) is 38.0 Å². The summed E-state index contributed by atoms with van der Waals surface area (Å²) in [5, 5.41) is 0. The van der Waals surface area contributed by atoms with Gasteiger partial charge in [0, 0.05) is 6.42 Å². The zero-order valence-corrected chi connectivity index (χ0v) is 8.03. The van der Waals surface area contributed by atoms with E-state index >= 15 is 0 Å². The fraction of sp³-hybridized carbons (Fsp3) is 0.455. The molecule has 0 aromatic carbocycles. The topological polar surface area (TPSA) is 18.5 Å². The maximum absolute atomic E-state index is 5.66. The Labute approximate surface area is 79.5 Å². The number of ether oxygens (including phenoxy) is 2. The predicted octanol–water partition coefficient (Wildman–Crippen LogP) is 2.43. The van der Waals surface area contributed by atoms with Gasteiger partial charge in [-0.1, -0.05) is 18.2 Å². The van der Waals surface area contributed by atoms with Crippen molar-refractivity contribution in [1.82, 2.24) is 0 Å². The molecule has 2 nitrogen and oxygen atoms in total. The van der Waals surface area contributed by atoms with E-state index in [9.17, 15) is 0 Å². The quantitative estimate of drug-likeness (QED) is 0.619. The normalized spacial score (nSPS) is 31.2. The van der Waals surface area contributed by atoms with Crippen molar-refractivity contribution in [2.45, 2.75) is 31.3 Å². The summed E-state index contributed by atoms with van der Waals surface area (Å²) in [6.07, 6.45) is 5.74. The lowest BCUT2D eigenvalue weighted by Gasteiger charge is -2.20. The lowest BCUT2D eigenvalue weighted by Crippen LogP contribution is -2.25. The van der Waals surface area contributed by atoms with Gasteiger partial charge >= 0.3 is 0 Å². The van der Waals surface area contributed by atoms with Crippen LogP contribution in [0.25, 0.3) is 0 Å². The van der Waals surface area contributed by atoms with E-state index in [1.165, 1.54) is 0 Å². The Bertz CT molecular complexity index is 204. The third-order valence-corrected chi connectivity index (χ3v) is 2.07. The average Bonchev–Trinajstić information content (AvgIpc) is 2.43. The van der Waals surface area contributed by atoms with Gasteiger partial charge < -0.3 is 9.47 Å². The van der Waals surface area contributed by atoms with Crippen molar-refractivity contribution >= 4 is 0 Å². The second-order valence-corrected chi connectivity index (χ2v) is 3.26. The van der Waals surface area contributed by atoms with Gasteiger partial charge in [0.15, 0.2) is 5.79 Å². The molecule has 1 aliphatic rings. The molecule has 0 aromatic heterocycles. The van der Waals surface area contributed by atoms with Crippen LogP contribution in [0.4, 0.5) is 0 Å². The van der Waals surface area contributed by atoms with Crippen LogP contribution in [-0.4, -0.2) is 18.0 Å². The van der Waals surface area contributed by atoms with Crippen molar-refractivity contribution in [3.05, 3.63) is 38.0 Å². The van der Waals surface area contributed by atoms with E-state index in [2.05, 4.69) is 19.7 Å². The van der Waals surface area contributed by atoms with Crippen molar-refractivity contribution in [2.24, 2.45) is 0 Å². The molecule has 0 amide bonds. The van der Waals surface area contributed by atoms with E-state index in [0.29, 0.717) is 6.42 Å². The Morgan fingerprint density at radius 2 is 1.62 bits per heavy atom. The van der Waals surface area contributed by atoms with Crippen LogP contribution < -0.4 is 0 Å². The summed E-state index contributed by atoms with van der Waals surface area (Å²) < 4.78 is 11.3. The van der Waals surface area contributed by atoms with Gasteiger partial charge in [-0.05, 0) is 6.92 Å². The molecule has 1 heterocycles. The second-order valence-electron chi connectivity index (χ2n) is 3.26. The van der Waals surface area contributed by atoms with Gasteiger partial charge in [0.1, 0.15) is 12.2 Å². The molecule has 1 rings (SSSR count). The summed E-state index contributed by atoms with van der Waals surface area (Å²) in [6, 6.07) is 0. The highest BCUT2D eigenvalue weighted by Gasteiger charge is 2.40. The zero-order chi connectivity index (χ0) is 9.90. The summed E-state index contributed by atoms with van der Waals surface area (Å²) in [5.74, 6) is -0.570. The Morgan fingerprint density at radius 1 is 1.15 bits per heavy atom. The predicted molar refractivity (Wildman–Crippen MR) is 53.4 cm³/mol. The Hall–Kier alpha value is -0.860. The third kappa shape index (κ3) is 2.08. The molecular weight excluding hydrogens is 164 g/mol. The fourth-order valence-electron chi connectivity index (χ4n) is 1.46. The van der Waals surface area contributed by atoms with Crippen LogP contribution in [0.3, 0.4) is 0 Å². The second kappa shape index (κ2) is 3.90. The lowest BCUT2D eigenvalue weighted by molar-refractivity contribution is -0.151. The molecule has 0 radical (unpaired) electrons. The fourth-order valence-corrected chi connectivity index (χ4v) is 1.46. The summed E-state index contributed by atoms with van der Waals surface area (Å²) in [5.41, 5.74) is 0. The molecular formula is C11H16O2. The van der Waals surface area contributed by atoms with Crippen LogP contribution in [0.1, 0.15) is 13.3 Å². The minimum absolute atomic E-state index is 0.0950. The summed E-state index contributed by atoms with van der Waals surface area (Å²) in [6.45, 7) is 12.9. The summed E-state index contributed by atoms with van der Waals surface area (Å²) in [7, 11) is 0. The molecule has 0 aliphatic carbocycles. The summed E-state index contributed by atoms with van der Waals surface area (Å²) in [4.78, 5) is 0. The van der Waals surface area contributed by atoms with Crippen molar-refractivity contribution in [3.8, 4) is 0 Å². The van der Waals surface area contributed by atoms with E-state index in [1.54, 1.807) is 18.2 Å². The molecule has 72 valence electrons. The molecule has 0 unspecified atom stereocenters. The largest absolute Gasteiger partial charge is 0.340 e. The molecule has 1 saturated heterocycles. The van der Waals surface area contributed by atoms with Gasteiger partial charge in [-0.25, -0.2) is 0 Å². The SMILES string of the molecule is C=CCC1(C)O[C@H](C=C)[C@@H](C=C)O1. The van der Waals surface area contributed by atoms with Crippen molar-refractivity contribution in [3.63, 3.8) is 0 Å². The monoisotopic (exact) mass is 180 g/mol. The van der Waals surface area contributed by atoms with Gasteiger partial charge in [0.05, 0.1) is 0 Å². The van der Waals surface area contributed by atoms with E-state index < -0.39 is 5.79 Å². The van der Waals surface area contributed by atoms with Gasteiger partial charge in [0.2, 0.25) is 0 Å². The van der Waals surface area contributed by atoms with Crippen LogP contribution in [0.2, 0.25) is 0 Å². The average molecular weight is 180 g/mol. The molecule has 1 aliphatic heterocycles. The van der Waals surface area contributed by atoms with Crippen molar-refractivity contribution in [2.75, 3.05) is 0 Å². The molecule has 0 bridgehead atoms. The van der Waals surface area contributed by atoms with Crippen molar-refractivity contribution in [1.29, 1.82) is 0 Å². The van der Waals surface area contributed by atoms with Crippen molar-refractivity contribution < 1.29 is 9.47 Å². The van der Waals surface area contributed by atoms with Crippen LogP contribution in [0, 0.1) is 0 Å². The molecule has 0 aromatic rings. The molecule has 0 saturated carbocycles. The molecule has 2 atom stereocenters. The number of rotatable bonds is 4. The standard InChI is InChI=1S/C11H16O2/c1-5-8-11(4)12-9(6-2)10(7-3)13-11/h5-7,9-10H,1-3,8H2,4H3/t9-,10-/m1/s1. The van der Waals surface area contributed by atoms with Gasteiger partial charge in [-0.2, -0.15) is 0 Å². The Balaban J connectivity index is 2.71. The first-order valence-electron chi connectivity index (χ1n) is 4.37. The number of hydrogen-bond acceptors (Lipinski definition) is 2. The van der Waals surface area contributed by atoms with Crippen LogP contribution in [-0.2, 0) is 9.47 Å². The Kier molecular flexibility index (Phi) is 3.07. The maximum Gasteiger partial charge on any atom is 0.170 e. The van der Waals surface area contributed by atoms with E-state index in [0.717, 1.165) is 0 Å². The van der Waals surface area contributed by atoms with E-state index in [1.807, 2.05) is 6.92 Å². The van der Waals surface area contributed by atoms with E-state index in [-0.39, 0.29) is 12.2 Å². The minimum atomic E-state index is -0.570. The zero-order valence-electron chi connectivity index (χ0n) is 8.03. The Morgan fingerprint density at radius 3 is 1.92 bits per heavy atom. The molecule has 0 spiro atoms. The third-order valence-electron chi connectivity index (χ3n) is 2.07. The molecule has 2 heteroatoms.